The quantitative estimate of drug-likeness (QED) is 0.508. The second-order valence-corrected chi connectivity index (χ2v) is 8.54. The Morgan fingerprint density at radius 1 is 1.28 bits per heavy atom. The first-order chi connectivity index (χ1) is 11.7. The zero-order valence-electron chi connectivity index (χ0n) is 13.2. The summed E-state index contributed by atoms with van der Waals surface area (Å²) in [6.07, 6.45) is 0. The summed E-state index contributed by atoms with van der Waals surface area (Å²) in [5, 5.41) is 15.5. The Kier molecular flexibility index (Phi) is 4.80. The molecule has 0 aliphatic rings. The summed E-state index contributed by atoms with van der Waals surface area (Å²) in [6, 6.07) is 10.7. The molecule has 0 saturated heterocycles. The van der Waals surface area contributed by atoms with Crippen molar-refractivity contribution in [1.82, 2.24) is 10.2 Å². The van der Waals surface area contributed by atoms with Crippen LogP contribution in [-0.4, -0.2) is 24.5 Å². The van der Waals surface area contributed by atoms with Crippen molar-refractivity contribution in [2.45, 2.75) is 12.7 Å². The lowest BCUT2D eigenvalue weighted by Gasteiger charge is -2.11. The number of anilines is 1. The van der Waals surface area contributed by atoms with Gasteiger partial charge in [-0.15, -0.1) is 0 Å². The van der Waals surface area contributed by atoms with Crippen molar-refractivity contribution in [3.63, 3.8) is 0 Å². The van der Waals surface area contributed by atoms with Crippen LogP contribution in [0.2, 0.25) is 0 Å². The molecule has 0 unspecified atom stereocenters. The lowest BCUT2D eigenvalue weighted by molar-refractivity contribution is 0.102. The summed E-state index contributed by atoms with van der Waals surface area (Å²) < 4.78 is 23.9. The fourth-order valence-electron chi connectivity index (χ4n) is 2.52. The second-order valence-electron chi connectivity index (χ2n) is 5.68. The zero-order valence-corrected chi connectivity index (χ0v) is 16.2. The molecule has 3 rings (SSSR count). The Bertz CT molecular complexity index is 1080. The van der Waals surface area contributed by atoms with Crippen LogP contribution in [0.1, 0.15) is 21.6 Å². The third-order valence-electron chi connectivity index (χ3n) is 3.61. The molecule has 0 bridgehead atoms. The average Bonchev–Trinajstić information content (AvgIpc) is 2.91. The SMILES string of the molecule is Cc1ccc(NC(=O)c2n[nH]c3ccc(I)cc23)c(CS(N)(=O)=O)c1. The number of aryl methyl sites for hydroxylation is 1. The number of carbonyl (C=O) groups is 1. The van der Waals surface area contributed by atoms with Gasteiger partial charge in [-0.3, -0.25) is 9.89 Å². The van der Waals surface area contributed by atoms with Crippen LogP contribution in [0.3, 0.4) is 0 Å². The van der Waals surface area contributed by atoms with Gasteiger partial charge in [-0.2, -0.15) is 5.10 Å². The topological polar surface area (TPSA) is 118 Å². The minimum absolute atomic E-state index is 0.246. The first-order valence-electron chi connectivity index (χ1n) is 7.28. The maximum Gasteiger partial charge on any atom is 0.276 e. The molecular weight excluding hydrogens is 455 g/mol. The van der Waals surface area contributed by atoms with E-state index in [4.69, 9.17) is 5.14 Å². The molecular formula is C16H15IN4O3S. The van der Waals surface area contributed by atoms with Gasteiger partial charge in [-0.05, 0) is 59.3 Å². The molecule has 1 heterocycles. The number of hydrogen-bond donors (Lipinski definition) is 3. The highest BCUT2D eigenvalue weighted by molar-refractivity contribution is 14.1. The molecule has 4 N–H and O–H groups in total. The van der Waals surface area contributed by atoms with Crippen molar-refractivity contribution in [3.8, 4) is 0 Å². The maximum absolute atomic E-state index is 12.6. The number of H-pyrrole nitrogens is 1. The first kappa shape index (κ1) is 17.8. The molecule has 0 atom stereocenters. The monoisotopic (exact) mass is 470 g/mol. The Balaban J connectivity index is 1.96. The fourth-order valence-corrected chi connectivity index (χ4v) is 3.68. The van der Waals surface area contributed by atoms with Gasteiger partial charge in [-0.1, -0.05) is 17.7 Å². The van der Waals surface area contributed by atoms with Crippen molar-refractivity contribution in [2.75, 3.05) is 5.32 Å². The summed E-state index contributed by atoms with van der Waals surface area (Å²) in [7, 11) is -3.72. The highest BCUT2D eigenvalue weighted by Crippen LogP contribution is 2.23. The fraction of sp³-hybridized carbons (Fsp3) is 0.125. The molecule has 0 fully saturated rings. The van der Waals surface area contributed by atoms with E-state index in [1.807, 2.05) is 25.1 Å². The van der Waals surface area contributed by atoms with Crippen LogP contribution in [0.4, 0.5) is 5.69 Å². The number of aromatic nitrogens is 2. The molecule has 7 nitrogen and oxygen atoms in total. The number of amides is 1. The summed E-state index contributed by atoms with van der Waals surface area (Å²) in [5.74, 6) is -0.781. The third kappa shape index (κ3) is 4.17. The van der Waals surface area contributed by atoms with E-state index < -0.39 is 15.9 Å². The number of hydrogen-bond acceptors (Lipinski definition) is 4. The number of rotatable bonds is 4. The van der Waals surface area contributed by atoms with Crippen molar-refractivity contribution >= 4 is 55.1 Å². The number of nitrogens with two attached hydrogens (primary N) is 1. The van der Waals surface area contributed by atoms with Crippen LogP contribution in [0.5, 0.6) is 0 Å². The van der Waals surface area contributed by atoms with Crippen LogP contribution < -0.4 is 10.5 Å². The molecule has 1 aromatic heterocycles. The molecule has 0 saturated carbocycles. The van der Waals surface area contributed by atoms with Gasteiger partial charge in [0.15, 0.2) is 5.69 Å². The Labute approximate surface area is 158 Å². The number of nitrogens with one attached hydrogen (secondary N) is 2. The summed E-state index contributed by atoms with van der Waals surface area (Å²) in [4.78, 5) is 12.6. The number of nitrogens with zero attached hydrogens (tertiary/aromatic N) is 1. The predicted molar refractivity (Wildman–Crippen MR) is 105 cm³/mol. The largest absolute Gasteiger partial charge is 0.320 e. The number of benzene rings is 2. The van der Waals surface area contributed by atoms with E-state index in [-0.39, 0.29) is 11.4 Å². The van der Waals surface area contributed by atoms with Crippen molar-refractivity contribution in [1.29, 1.82) is 0 Å². The minimum Gasteiger partial charge on any atom is -0.320 e. The molecule has 0 radical (unpaired) electrons. The Hall–Kier alpha value is -1.98. The predicted octanol–water partition coefficient (Wildman–Crippen LogP) is 2.52. The number of primary sulfonamides is 1. The normalized spacial score (nSPS) is 11.6. The molecule has 9 heteroatoms. The van der Waals surface area contributed by atoms with Crippen LogP contribution in [-0.2, 0) is 15.8 Å². The number of carbonyl (C=O) groups excluding carboxylic acids is 1. The van der Waals surface area contributed by atoms with Crippen LogP contribution in [0, 0.1) is 10.5 Å². The van der Waals surface area contributed by atoms with Crippen LogP contribution in [0.15, 0.2) is 36.4 Å². The first-order valence-corrected chi connectivity index (χ1v) is 10.1. The molecule has 0 aliphatic carbocycles. The molecule has 1 amide bonds. The molecule has 130 valence electrons. The summed E-state index contributed by atoms with van der Waals surface area (Å²) >= 11 is 2.16. The highest BCUT2D eigenvalue weighted by Gasteiger charge is 2.17. The second kappa shape index (κ2) is 6.73. The van der Waals surface area contributed by atoms with E-state index in [2.05, 4.69) is 38.1 Å². The number of fused-ring (bicyclic) bond motifs is 1. The number of aromatic amines is 1. The molecule has 0 spiro atoms. The molecule has 0 aliphatic heterocycles. The van der Waals surface area contributed by atoms with E-state index in [1.165, 1.54) is 0 Å². The Morgan fingerprint density at radius 2 is 2.04 bits per heavy atom. The molecule has 25 heavy (non-hydrogen) atoms. The average molecular weight is 470 g/mol. The lowest BCUT2D eigenvalue weighted by atomic mass is 10.1. The summed E-state index contributed by atoms with van der Waals surface area (Å²) in [6.45, 7) is 1.83. The zero-order chi connectivity index (χ0) is 18.2. The van der Waals surface area contributed by atoms with E-state index in [0.717, 1.165) is 14.7 Å². The van der Waals surface area contributed by atoms with Crippen molar-refractivity contribution in [3.05, 3.63) is 56.8 Å². The van der Waals surface area contributed by atoms with Gasteiger partial charge >= 0.3 is 0 Å². The minimum atomic E-state index is -3.72. The number of sulfonamides is 1. The van der Waals surface area contributed by atoms with Crippen LogP contribution in [0.25, 0.3) is 10.9 Å². The molecule has 2 aromatic carbocycles. The van der Waals surface area contributed by atoms with Crippen molar-refractivity contribution < 1.29 is 13.2 Å². The van der Waals surface area contributed by atoms with Gasteiger partial charge in [-0.25, -0.2) is 13.6 Å². The van der Waals surface area contributed by atoms with Crippen molar-refractivity contribution in [2.24, 2.45) is 5.14 Å². The third-order valence-corrected chi connectivity index (χ3v) is 4.99. The smallest absolute Gasteiger partial charge is 0.276 e. The van der Waals surface area contributed by atoms with E-state index in [0.29, 0.717) is 16.6 Å². The Morgan fingerprint density at radius 3 is 2.76 bits per heavy atom. The highest BCUT2D eigenvalue weighted by atomic mass is 127. The lowest BCUT2D eigenvalue weighted by Crippen LogP contribution is -2.18. The summed E-state index contributed by atoms with van der Waals surface area (Å²) in [5.41, 5.74) is 2.70. The van der Waals surface area contributed by atoms with E-state index >= 15 is 0 Å². The van der Waals surface area contributed by atoms with Gasteiger partial charge < -0.3 is 5.32 Å². The van der Waals surface area contributed by atoms with Gasteiger partial charge in [0, 0.05) is 14.6 Å². The maximum atomic E-state index is 12.6. The van der Waals surface area contributed by atoms with Gasteiger partial charge in [0.25, 0.3) is 5.91 Å². The van der Waals surface area contributed by atoms with Gasteiger partial charge in [0.1, 0.15) is 0 Å². The van der Waals surface area contributed by atoms with Gasteiger partial charge in [0.05, 0.1) is 11.3 Å². The van der Waals surface area contributed by atoms with Crippen LogP contribution >= 0.6 is 22.6 Å². The standard InChI is InChI=1S/C16H15IN4O3S/c1-9-2-4-13(10(6-9)8-25(18,23)24)19-16(22)15-12-7-11(17)3-5-14(12)20-21-15/h2-7H,8H2,1H3,(H,19,22)(H,20,21)(H2,18,23,24). The molecule has 3 aromatic rings. The van der Waals surface area contributed by atoms with E-state index in [9.17, 15) is 13.2 Å². The van der Waals surface area contributed by atoms with E-state index in [1.54, 1.807) is 18.2 Å². The van der Waals surface area contributed by atoms with Gasteiger partial charge in [0.2, 0.25) is 10.0 Å². The number of halogens is 1.